The van der Waals surface area contributed by atoms with E-state index in [1.54, 1.807) is 12.1 Å². The highest BCUT2D eigenvalue weighted by molar-refractivity contribution is 7.90. The maximum atomic E-state index is 10.9. The minimum Gasteiger partial charge on any atom is -0.306 e. The molecule has 2 aromatic rings. The Morgan fingerprint density at radius 2 is 1.92 bits per heavy atom. The largest absolute Gasteiger partial charge is 0.306 e. The summed E-state index contributed by atoms with van der Waals surface area (Å²) >= 11 is 5.57. The van der Waals surface area contributed by atoms with Crippen molar-refractivity contribution in [2.75, 3.05) is 6.26 Å². The third-order valence-corrected chi connectivity index (χ3v) is 6.18. The first kappa shape index (κ1) is 17.5. The third-order valence-electron chi connectivity index (χ3n) is 4.80. The highest BCUT2D eigenvalue weighted by Gasteiger charge is 2.35. The minimum atomic E-state index is -3.08. The lowest BCUT2D eigenvalue weighted by Gasteiger charge is -2.39. The highest BCUT2D eigenvalue weighted by Crippen LogP contribution is 2.39. The Hall–Kier alpha value is -1.37. The summed E-state index contributed by atoms with van der Waals surface area (Å²) in [5.74, 6) is 0.606. The van der Waals surface area contributed by atoms with E-state index < -0.39 is 9.84 Å². The van der Waals surface area contributed by atoms with Crippen molar-refractivity contribution in [3.05, 3.63) is 46.7 Å². The van der Waals surface area contributed by atoms with E-state index in [1.807, 2.05) is 6.20 Å². The molecule has 0 spiro atoms. The molecule has 130 valence electrons. The summed E-state index contributed by atoms with van der Waals surface area (Å²) in [6, 6.07) is 7.32. The molecule has 2 N–H and O–H groups in total. The summed E-state index contributed by atoms with van der Waals surface area (Å²) in [5, 5.41) is 11.5. The van der Waals surface area contributed by atoms with Gasteiger partial charge in [0, 0.05) is 40.5 Å². The molecule has 5 nitrogen and oxygen atoms in total. The number of hydrogen-bond donors (Lipinski definition) is 2. The zero-order valence-electron chi connectivity index (χ0n) is 13.8. The van der Waals surface area contributed by atoms with Crippen molar-refractivity contribution in [2.24, 2.45) is 0 Å². The number of rotatable bonds is 1. The van der Waals surface area contributed by atoms with Gasteiger partial charge in [-0.1, -0.05) is 18.5 Å². The molecular formula is C17H22ClN3O2S. The van der Waals surface area contributed by atoms with Crippen LogP contribution in [0.5, 0.6) is 0 Å². The third kappa shape index (κ3) is 3.66. The molecule has 2 aliphatic rings. The Morgan fingerprint density at radius 3 is 2.58 bits per heavy atom. The number of aromatic nitrogens is 2. The van der Waals surface area contributed by atoms with Gasteiger partial charge in [-0.05, 0) is 43.5 Å². The molecule has 0 amide bonds. The van der Waals surface area contributed by atoms with Gasteiger partial charge in [-0.3, -0.25) is 5.10 Å². The normalized spacial score (nSPS) is 25.4. The summed E-state index contributed by atoms with van der Waals surface area (Å²) in [6.45, 7) is 2.29. The quantitative estimate of drug-likeness (QED) is 0.809. The number of sulfone groups is 1. The van der Waals surface area contributed by atoms with Crippen molar-refractivity contribution in [3.63, 3.8) is 0 Å². The number of nitrogens with zero attached hydrogens (tertiary/aromatic N) is 1. The van der Waals surface area contributed by atoms with Crippen LogP contribution in [0.1, 0.15) is 49.4 Å². The van der Waals surface area contributed by atoms with Gasteiger partial charge < -0.3 is 5.32 Å². The summed E-state index contributed by atoms with van der Waals surface area (Å²) in [5.41, 5.74) is 2.77. The lowest BCUT2D eigenvalue weighted by Crippen LogP contribution is -2.44. The first-order chi connectivity index (χ1) is 11.4. The van der Waals surface area contributed by atoms with Crippen molar-refractivity contribution in [1.82, 2.24) is 15.5 Å². The van der Waals surface area contributed by atoms with Gasteiger partial charge in [0.15, 0.2) is 9.84 Å². The van der Waals surface area contributed by atoms with Gasteiger partial charge in [0.1, 0.15) is 0 Å². The molecule has 2 aliphatic heterocycles. The second-order valence-corrected chi connectivity index (χ2v) is 8.96. The first-order valence-electron chi connectivity index (χ1n) is 8.11. The molecule has 1 fully saturated rings. The molecule has 1 aromatic carbocycles. The molecule has 4 rings (SSSR count). The number of fused-ring (bicyclic) bond motifs is 4. The van der Waals surface area contributed by atoms with Crippen LogP contribution >= 0.6 is 11.6 Å². The predicted octanol–water partition coefficient (Wildman–Crippen LogP) is 3.45. The number of piperidine rings is 1. The van der Waals surface area contributed by atoms with Crippen molar-refractivity contribution < 1.29 is 8.42 Å². The van der Waals surface area contributed by atoms with Gasteiger partial charge in [0.2, 0.25) is 0 Å². The molecular weight excluding hydrogens is 346 g/mol. The number of nitrogens with one attached hydrogen (secondary N) is 2. The monoisotopic (exact) mass is 367 g/mol. The van der Waals surface area contributed by atoms with Crippen molar-refractivity contribution >= 4 is 21.4 Å². The average molecular weight is 368 g/mol. The Balaban J connectivity index is 0.000000144. The number of benzene rings is 1. The van der Waals surface area contributed by atoms with Crippen LogP contribution in [0.25, 0.3) is 0 Å². The smallest absolute Gasteiger partial charge is 0.175 e. The number of aromatic amines is 1. The SMILES string of the molecule is CC1c2[nH]ncc2C2CCCC1N2.CS(=O)(=O)c1ccc(Cl)cc1. The van der Waals surface area contributed by atoms with Gasteiger partial charge in [0.25, 0.3) is 0 Å². The van der Waals surface area contributed by atoms with Crippen LogP contribution in [0.2, 0.25) is 5.02 Å². The lowest BCUT2D eigenvalue weighted by atomic mass is 9.80. The molecule has 3 atom stereocenters. The Morgan fingerprint density at radius 1 is 1.21 bits per heavy atom. The van der Waals surface area contributed by atoms with E-state index in [9.17, 15) is 8.42 Å². The van der Waals surface area contributed by atoms with Crippen LogP contribution in [-0.2, 0) is 9.84 Å². The second kappa shape index (κ2) is 6.86. The molecule has 3 heterocycles. The second-order valence-electron chi connectivity index (χ2n) is 6.51. The van der Waals surface area contributed by atoms with Crippen LogP contribution in [0, 0.1) is 0 Å². The summed E-state index contributed by atoms with van der Waals surface area (Å²) < 4.78 is 21.8. The van der Waals surface area contributed by atoms with E-state index in [4.69, 9.17) is 11.6 Å². The number of halogens is 1. The van der Waals surface area contributed by atoms with Gasteiger partial charge in [-0.25, -0.2) is 8.42 Å². The van der Waals surface area contributed by atoms with E-state index in [2.05, 4.69) is 22.4 Å². The van der Waals surface area contributed by atoms with Crippen LogP contribution in [0.4, 0.5) is 0 Å². The lowest BCUT2D eigenvalue weighted by molar-refractivity contribution is 0.270. The summed E-state index contributed by atoms with van der Waals surface area (Å²) in [6.07, 6.45) is 7.10. The van der Waals surface area contributed by atoms with Gasteiger partial charge >= 0.3 is 0 Å². The summed E-state index contributed by atoms with van der Waals surface area (Å²) in [4.78, 5) is 0.293. The Kier molecular flexibility index (Phi) is 4.99. The van der Waals surface area contributed by atoms with Crippen LogP contribution < -0.4 is 5.32 Å². The number of H-pyrrole nitrogens is 1. The molecule has 0 saturated carbocycles. The van der Waals surface area contributed by atoms with Crippen molar-refractivity contribution in [1.29, 1.82) is 0 Å². The van der Waals surface area contributed by atoms with Gasteiger partial charge in [-0.2, -0.15) is 5.10 Å². The fourth-order valence-corrected chi connectivity index (χ4v) is 4.19. The Labute approximate surface area is 147 Å². The maximum Gasteiger partial charge on any atom is 0.175 e. The van der Waals surface area contributed by atoms with Gasteiger partial charge in [0.05, 0.1) is 11.1 Å². The molecule has 1 aromatic heterocycles. The topological polar surface area (TPSA) is 74.8 Å². The van der Waals surface area contributed by atoms with Crippen molar-refractivity contribution in [3.8, 4) is 0 Å². The van der Waals surface area contributed by atoms with Crippen LogP contribution in [-0.4, -0.2) is 30.9 Å². The standard InChI is InChI=1S/C10H15N3.C7H7ClO2S/c1-6-8-3-2-4-9(12-8)7-5-11-13-10(6)7;1-11(9,10)7-4-2-6(8)3-5-7/h5-6,8-9,12H,2-4H2,1H3,(H,11,13);2-5H,1H3. The molecule has 0 aliphatic carbocycles. The minimum absolute atomic E-state index is 0.293. The fourth-order valence-electron chi connectivity index (χ4n) is 3.44. The van der Waals surface area contributed by atoms with Crippen LogP contribution in [0.3, 0.4) is 0 Å². The fraction of sp³-hybridized carbons (Fsp3) is 0.471. The van der Waals surface area contributed by atoms with Crippen LogP contribution in [0.15, 0.2) is 35.4 Å². The number of hydrogen-bond acceptors (Lipinski definition) is 4. The summed E-state index contributed by atoms with van der Waals surface area (Å²) in [7, 11) is -3.08. The molecule has 3 unspecified atom stereocenters. The molecule has 1 saturated heterocycles. The highest BCUT2D eigenvalue weighted by atomic mass is 35.5. The molecule has 0 radical (unpaired) electrons. The Bertz CT molecular complexity index is 785. The molecule has 24 heavy (non-hydrogen) atoms. The average Bonchev–Trinajstić information content (AvgIpc) is 3.03. The maximum absolute atomic E-state index is 10.9. The molecule has 7 heteroatoms. The van der Waals surface area contributed by atoms with Gasteiger partial charge in [-0.15, -0.1) is 0 Å². The van der Waals surface area contributed by atoms with E-state index in [0.29, 0.717) is 27.9 Å². The molecule has 2 bridgehead atoms. The van der Waals surface area contributed by atoms with E-state index in [-0.39, 0.29) is 0 Å². The predicted molar refractivity (Wildman–Crippen MR) is 95.1 cm³/mol. The van der Waals surface area contributed by atoms with Crippen molar-refractivity contribution in [2.45, 2.75) is 49.1 Å². The first-order valence-corrected chi connectivity index (χ1v) is 10.4. The zero-order chi connectivity index (χ0) is 17.3. The van der Waals surface area contributed by atoms with E-state index in [0.717, 1.165) is 6.26 Å². The van der Waals surface area contributed by atoms with E-state index >= 15 is 0 Å². The van der Waals surface area contributed by atoms with E-state index in [1.165, 1.54) is 42.7 Å². The zero-order valence-corrected chi connectivity index (χ0v) is 15.4.